The Hall–Kier alpha value is -2.53. The molecule has 0 bridgehead atoms. The Morgan fingerprint density at radius 2 is 1.68 bits per heavy atom. The Morgan fingerprint density at radius 1 is 1.04 bits per heavy atom. The standard InChI is InChI=1S/C23H32N2O3/c1-23(2,3)19-12-10-18(11-13-19)16-25(4)17-22(26)24-14-15-28-21-9-7-6-8-20(21)27-5/h6-13H,14-17H2,1-5H3,(H,24,26). The number of hydrogen-bond donors (Lipinski definition) is 1. The quantitative estimate of drug-likeness (QED) is 0.671. The molecule has 0 aliphatic rings. The van der Waals surface area contributed by atoms with Gasteiger partial charge in [0.1, 0.15) is 6.61 Å². The Labute approximate surface area is 168 Å². The smallest absolute Gasteiger partial charge is 0.234 e. The predicted molar refractivity (Wildman–Crippen MR) is 113 cm³/mol. The van der Waals surface area contributed by atoms with Crippen LogP contribution >= 0.6 is 0 Å². The van der Waals surface area contributed by atoms with Crippen molar-refractivity contribution >= 4 is 5.91 Å². The first-order chi connectivity index (χ1) is 13.3. The molecule has 0 saturated carbocycles. The van der Waals surface area contributed by atoms with Crippen LogP contribution in [-0.4, -0.2) is 44.7 Å². The van der Waals surface area contributed by atoms with Gasteiger partial charge in [0.15, 0.2) is 11.5 Å². The SMILES string of the molecule is COc1ccccc1OCCNC(=O)CN(C)Cc1ccc(C(C)(C)C)cc1. The third kappa shape index (κ3) is 6.89. The molecule has 0 unspecified atom stereocenters. The minimum Gasteiger partial charge on any atom is -0.493 e. The molecule has 0 aliphatic carbocycles. The first-order valence-electron chi connectivity index (χ1n) is 9.60. The molecular weight excluding hydrogens is 352 g/mol. The second kappa shape index (κ2) is 10.1. The van der Waals surface area contributed by atoms with Crippen molar-refractivity contribution in [3.05, 3.63) is 59.7 Å². The van der Waals surface area contributed by atoms with Crippen LogP contribution in [0.5, 0.6) is 11.5 Å². The summed E-state index contributed by atoms with van der Waals surface area (Å²) in [7, 11) is 3.55. The molecule has 2 aromatic rings. The van der Waals surface area contributed by atoms with E-state index in [9.17, 15) is 4.79 Å². The van der Waals surface area contributed by atoms with Gasteiger partial charge < -0.3 is 14.8 Å². The third-order valence-corrected chi connectivity index (χ3v) is 4.44. The summed E-state index contributed by atoms with van der Waals surface area (Å²) in [5.74, 6) is 1.35. The number of carbonyl (C=O) groups excluding carboxylic acids is 1. The molecular formula is C23H32N2O3. The number of nitrogens with one attached hydrogen (secondary N) is 1. The fourth-order valence-electron chi connectivity index (χ4n) is 2.87. The molecule has 0 spiro atoms. The van der Waals surface area contributed by atoms with E-state index in [0.29, 0.717) is 31.2 Å². The van der Waals surface area contributed by atoms with Crippen LogP contribution < -0.4 is 14.8 Å². The largest absolute Gasteiger partial charge is 0.493 e. The number of benzene rings is 2. The van der Waals surface area contributed by atoms with Gasteiger partial charge in [0.05, 0.1) is 20.2 Å². The molecule has 28 heavy (non-hydrogen) atoms. The molecule has 0 heterocycles. The Kier molecular flexibility index (Phi) is 7.88. The molecule has 0 aromatic heterocycles. The van der Waals surface area contributed by atoms with Gasteiger partial charge in [-0.25, -0.2) is 0 Å². The molecule has 2 rings (SSSR count). The summed E-state index contributed by atoms with van der Waals surface area (Å²) in [4.78, 5) is 14.1. The van der Waals surface area contributed by atoms with E-state index >= 15 is 0 Å². The number of likely N-dealkylation sites (N-methyl/N-ethyl adjacent to an activating group) is 1. The Morgan fingerprint density at radius 3 is 2.29 bits per heavy atom. The highest BCUT2D eigenvalue weighted by Gasteiger charge is 2.13. The zero-order valence-electron chi connectivity index (χ0n) is 17.6. The summed E-state index contributed by atoms with van der Waals surface area (Å²) in [6.45, 7) is 8.53. The van der Waals surface area contributed by atoms with Crippen LogP contribution in [0.4, 0.5) is 0 Å². The van der Waals surface area contributed by atoms with Gasteiger partial charge >= 0.3 is 0 Å². The Bertz CT molecular complexity index is 751. The lowest BCUT2D eigenvalue weighted by molar-refractivity contribution is -0.122. The number of rotatable bonds is 9. The van der Waals surface area contributed by atoms with Crippen molar-refractivity contribution in [2.75, 3.05) is 33.9 Å². The average molecular weight is 385 g/mol. The predicted octanol–water partition coefficient (Wildman–Crippen LogP) is 3.62. The minimum absolute atomic E-state index is 0.0163. The number of carbonyl (C=O) groups is 1. The zero-order chi connectivity index (χ0) is 20.6. The molecule has 0 atom stereocenters. The van der Waals surface area contributed by atoms with Crippen molar-refractivity contribution in [1.82, 2.24) is 10.2 Å². The highest BCUT2D eigenvalue weighted by molar-refractivity contribution is 5.77. The van der Waals surface area contributed by atoms with E-state index in [2.05, 4.69) is 50.4 Å². The van der Waals surface area contributed by atoms with Crippen LogP contribution in [0, 0.1) is 0 Å². The van der Waals surface area contributed by atoms with Gasteiger partial charge in [0.2, 0.25) is 5.91 Å². The maximum Gasteiger partial charge on any atom is 0.234 e. The van der Waals surface area contributed by atoms with E-state index in [1.165, 1.54) is 11.1 Å². The number of ether oxygens (including phenoxy) is 2. The van der Waals surface area contributed by atoms with E-state index in [1.54, 1.807) is 7.11 Å². The molecule has 5 nitrogen and oxygen atoms in total. The zero-order valence-corrected chi connectivity index (χ0v) is 17.6. The molecule has 0 aliphatic heterocycles. The van der Waals surface area contributed by atoms with Crippen molar-refractivity contribution in [2.24, 2.45) is 0 Å². The molecule has 0 fully saturated rings. The van der Waals surface area contributed by atoms with Gasteiger partial charge in [-0.2, -0.15) is 0 Å². The van der Waals surface area contributed by atoms with E-state index in [-0.39, 0.29) is 11.3 Å². The van der Waals surface area contributed by atoms with E-state index in [1.807, 2.05) is 36.2 Å². The molecule has 1 amide bonds. The summed E-state index contributed by atoms with van der Waals surface area (Å²) in [6.07, 6.45) is 0. The van der Waals surface area contributed by atoms with Crippen LogP contribution in [-0.2, 0) is 16.8 Å². The fourth-order valence-corrected chi connectivity index (χ4v) is 2.87. The number of methoxy groups -OCH3 is 1. The van der Waals surface area contributed by atoms with Crippen molar-refractivity contribution in [2.45, 2.75) is 32.7 Å². The maximum absolute atomic E-state index is 12.1. The molecule has 0 radical (unpaired) electrons. The molecule has 1 N–H and O–H groups in total. The lowest BCUT2D eigenvalue weighted by Gasteiger charge is -2.20. The van der Waals surface area contributed by atoms with Gasteiger partial charge in [0.25, 0.3) is 0 Å². The van der Waals surface area contributed by atoms with E-state index in [4.69, 9.17) is 9.47 Å². The van der Waals surface area contributed by atoms with Crippen molar-refractivity contribution in [3.8, 4) is 11.5 Å². The highest BCUT2D eigenvalue weighted by Crippen LogP contribution is 2.25. The van der Waals surface area contributed by atoms with Crippen LogP contribution in [0.2, 0.25) is 0 Å². The molecule has 0 saturated heterocycles. The first-order valence-corrected chi connectivity index (χ1v) is 9.60. The summed E-state index contributed by atoms with van der Waals surface area (Å²) >= 11 is 0. The van der Waals surface area contributed by atoms with Crippen LogP contribution in [0.3, 0.4) is 0 Å². The topological polar surface area (TPSA) is 50.8 Å². The minimum atomic E-state index is -0.0163. The van der Waals surface area contributed by atoms with Crippen LogP contribution in [0.1, 0.15) is 31.9 Å². The highest BCUT2D eigenvalue weighted by atomic mass is 16.5. The number of hydrogen-bond acceptors (Lipinski definition) is 4. The molecule has 152 valence electrons. The Balaban J connectivity index is 1.71. The monoisotopic (exact) mass is 384 g/mol. The molecule has 2 aromatic carbocycles. The normalized spacial score (nSPS) is 11.4. The van der Waals surface area contributed by atoms with Crippen LogP contribution in [0.25, 0.3) is 0 Å². The second-order valence-corrected chi connectivity index (χ2v) is 7.97. The summed E-state index contributed by atoms with van der Waals surface area (Å²) in [5.41, 5.74) is 2.66. The first kappa shape index (κ1) is 21.8. The van der Waals surface area contributed by atoms with Gasteiger partial charge in [-0.3, -0.25) is 9.69 Å². The van der Waals surface area contributed by atoms with Crippen molar-refractivity contribution in [1.29, 1.82) is 0 Å². The summed E-state index contributed by atoms with van der Waals surface area (Å²) < 4.78 is 10.9. The number of nitrogens with zero attached hydrogens (tertiary/aromatic N) is 1. The number of amides is 1. The third-order valence-electron chi connectivity index (χ3n) is 4.44. The van der Waals surface area contributed by atoms with E-state index < -0.39 is 0 Å². The molecule has 5 heteroatoms. The van der Waals surface area contributed by atoms with Crippen LogP contribution in [0.15, 0.2) is 48.5 Å². The van der Waals surface area contributed by atoms with Gasteiger partial charge in [-0.15, -0.1) is 0 Å². The van der Waals surface area contributed by atoms with Gasteiger partial charge in [-0.05, 0) is 35.7 Å². The maximum atomic E-state index is 12.1. The fraction of sp³-hybridized carbons (Fsp3) is 0.435. The second-order valence-electron chi connectivity index (χ2n) is 7.97. The van der Waals surface area contributed by atoms with Crippen molar-refractivity contribution in [3.63, 3.8) is 0 Å². The average Bonchev–Trinajstić information content (AvgIpc) is 2.65. The summed E-state index contributed by atoms with van der Waals surface area (Å²) in [6, 6.07) is 16.1. The van der Waals surface area contributed by atoms with Gasteiger partial charge in [0, 0.05) is 6.54 Å². The van der Waals surface area contributed by atoms with Crippen molar-refractivity contribution < 1.29 is 14.3 Å². The van der Waals surface area contributed by atoms with Gasteiger partial charge in [-0.1, -0.05) is 57.2 Å². The summed E-state index contributed by atoms with van der Waals surface area (Å²) in [5, 5.41) is 2.89. The lowest BCUT2D eigenvalue weighted by atomic mass is 9.87. The lowest BCUT2D eigenvalue weighted by Crippen LogP contribution is -2.36. The number of para-hydroxylation sites is 2. The van der Waals surface area contributed by atoms with E-state index in [0.717, 1.165) is 6.54 Å².